The third-order valence-electron chi connectivity index (χ3n) is 3.65. The van der Waals surface area contributed by atoms with Crippen molar-refractivity contribution in [1.82, 2.24) is 5.32 Å². The second kappa shape index (κ2) is 10.4. The summed E-state index contributed by atoms with van der Waals surface area (Å²) in [5, 5.41) is 6.67. The van der Waals surface area contributed by atoms with Gasteiger partial charge in [0.15, 0.2) is 0 Å². The van der Waals surface area contributed by atoms with E-state index < -0.39 is 0 Å². The van der Waals surface area contributed by atoms with Crippen LogP contribution in [0.15, 0.2) is 42.5 Å². The molecule has 1 unspecified atom stereocenters. The van der Waals surface area contributed by atoms with Gasteiger partial charge in [0, 0.05) is 15.7 Å². The molecule has 0 aliphatic rings. The van der Waals surface area contributed by atoms with Crippen LogP contribution in [0.2, 0.25) is 10.0 Å². The molecule has 8 heteroatoms. The number of ether oxygens (including phenoxy) is 1. The highest BCUT2D eigenvalue weighted by atomic mass is 35.5. The first-order valence-electron chi connectivity index (χ1n) is 8.15. The summed E-state index contributed by atoms with van der Waals surface area (Å²) in [5.41, 5.74) is 1.47. The highest BCUT2D eigenvalue weighted by Crippen LogP contribution is 2.26. The fraction of sp³-hybridized carbons (Fsp3) is 0.263. The summed E-state index contributed by atoms with van der Waals surface area (Å²) in [6.45, 7) is 1.84. The van der Waals surface area contributed by atoms with Crippen LogP contribution in [-0.4, -0.2) is 30.4 Å². The van der Waals surface area contributed by atoms with Crippen molar-refractivity contribution in [2.24, 2.45) is 0 Å². The smallest absolute Gasteiger partial charge is 0.234 e. The maximum absolute atomic E-state index is 12.1. The van der Waals surface area contributed by atoms with Gasteiger partial charge in [-0.1, -0.05) is 29.3 Å². The Balaban J connectivity index is 1.73. The van der Waals surface area contributed by atoms with Crippen molar-refractivity contribution in [3.8, 4) is 5.75 Å². The Bertz CT molecular complexity index is 800. The molecule has 2 rings (SSSR count). The quantitative estimate of drug-likeness (QED) is 0.649. The number of thioether (sulfide) groups is 1. The van der Waals surface area contributed by atoms with Crippen LogP contribution >= 0.6 is 35.0 Å². The molecule has 0 radical (unpaired) electrons. The zero-order valence-corrected chi connectivity index (χ0v) is 17.3. The van der Waals surface area contributed by atoms with E-state index in [1.54, 1.807) is 49.6 Å². The number of nitrogens with one attached hydrogen (secondary N) is 2. The van der Waals surface area contributed by atoms with E-state index in [4.69, 9.17) is 27.9 Å². The molecule has 0 spiro atoms. The molecule has 0 heterocycles. The van der Waals surface area contributed by atoms with E-state index in [0.717, 1.165) is 5.56 Å². The van der Waals surface area contributed by atoms with E-state index in [9.17, 15) is 9.59 Å². The average Bonchev–Trinajstić information content (AvgIpc) is 2.62. The summed E-state index contributed by atoms with van der Waals surface area (Å²) in [6.07, 6.45) is 0. The minimum atomic E-state index is -0.254. The number of anilines is 1. The molecule has 2 aromatic carbocycles. The largest absolute Gasteiger partial charge is 0.497 e. The van der Waals surface area contributed by atoms with Crippen molar-refractivity contribution >= 4 is 52.5 Å². The molecule has 2 N–H and O–H groups in total. The molecule has 27 heavy (non-hydrogen) atoms. The van der Waals surface area contributed by atoms with Gasteiger partial charge in [-0.2, -0.15) is 0 Å². The minimum Gasteiger partial charge on any atom is -0.497 e. The van der Waals surface area contributed by atoms with Crippen molar-refractivity contribution in [3.63, 3.8) is 0 Å². The van der Waals surface area contributed by atoms with Gasteiger partial charge in [0.05, 0.1) is 24.7 Å². The molecular formula is C19H20Cl2N2O3S. The topological polar surface area (TPSA) is 67.4 Å². The van der Waals surface area contributed by atoms with E-state index in [0.29, 0.717) is 21.5 Å². The first-order chi connectivity index (χ1) is 12.9. The Labute approximate surface area is 172 Å². The van der Waals surface area contributed by atoms with Crippen LogP contribution in [-0.2, 0) is 9.59 Å². The summed E-state index contributed by atoms with van der Waals surface area (Å²) >= 11 is 13.3. The van der Waals surface area contributed by atoms with Crippen LogP contribution in [0.5, 0.6) is 5.75 Å². The van der Waals surface area contributed by atoms with Gasteiger partial charge >= 0.3 is 0 Å². The van der Waals surface area contributed by atoms with Crippen LogP contribution < -0.4 is 15.4 Å². The van der Waals surface area contributed by atoms with Gasteiger partial charge in [0.25, 0.3) is 0 Å². The molecule has 0 fully saturated rings. The normalized spacial score (nSPS) is 11.6. The lowest BCUT2D eigenvalue weighted by Gasteiger charge is -2.16. The third kappa shape index (κ3) is 6.97. The Kier molecular flexibility index (Phi) is 8.28. The van der Waals surface area contributed by atoms with Gasteiger partial charge in [-0.25, -0.2) is 0 Å². The summed E-state index contributed by atoms with van der Waals surface area (Å²) < 4.78 is 5.07. The zero-order valence-electron chi connectivity index (χ0n) is 14.9. The molecule has 5 nitrogen and oxygen atoms in total. The van der Waals surface area contributed by atoms with Crippen LogP contribution in [0.4, 0.5) is 5.69 Å². The molecule has 0 aliphatic carbocycles. The minimum absolute atomic E-state index is 0.171. The molecule has 0 aromatic heterocycles. The third-order valence-corrected chi connectivity index (χ3v) is 5.14. The van der Waals surface area contributed by atoms with Crippen LogP contribution in [0.25, 0.3) is 0 Å². The number of halogens is 2. The summed E-state index contributed by atoms with van der Waals surface area (Å²) in [5.74, 6) is 0.720. The van der Waals surface area contributed by atoms with Crippen LogP contribution in [0.1, 0.15) is 18.5 Å². The van der Waals surface area contributed by atoms with Crippen LogP contribution in [0.3, 0.4) is 0 Å². The first-order valence-corrected chi connectivity index (χ1v) is 10.1. The highest BCUT2D eigenvalue weighted by molar-refractivity contribution is 8.00. The number of hydrogen-bond acceptors (Lipinski definition) is 4. The number of carbonyl (C=O) groups is 2. The van der Waals surface area contributed by atoms with E-state index >= 15 is 0 Å². The second-order valence-electron chi connectivity index (χ2n) is 5.72. The van der Waals surface area contributed by atoms with Crippen LogP contribution in [0, 0.1) is 0 Å². The molecule has 0 bridgehead atoms. The predicted octanol–water partition coefficient (Wildman–Crippen LogP) is 4.55. The Morgan fingerprint density at radius 2 is 1.74 bits per heavy atom. The van der Waals surface area contributed by atoms with Crippen molar-refractivity contribution in [2.75, 3.05) is 23.9 Å². The number of methoxy groups -OCH3 is 1. The van der Waals surface area contributed by atoms with Gasteiger partial charge < -0.3 is 15.4 Å². The maximum Gasteiger partial charge on any atom is 0.234 e. The average molecular weight is 427 g/mol. The monoisotopic (exact) mass is 426 g/mol. The lowest BCUT2D eigenvalue weighted by molar-refractivity contribution is -0.119. The number of carbonyl (C=O) groups excluding carboxylic acids is 2. The van der Waals surface area contributed by atoms with Gasteiger partial charge in [-0.15, -0.1) is 11.8 Å². The van der Waals surface area contributed by atoms with Gasteiger partial charge in [0.1, 0.15) is 5.75 Å². The second-order valence-corrected chi connectivity index (χ2v) is 7.55. The lowest BCUT2D eigenvalue weighted by atomic mass is 10.1. The molecule has 2 aromatic rings. The van der Waals surface area contributed by atoms with E-state index in [2.05, 4.69) is 10.6 Å². The number of benzene rings is 2. The number of amides is 2. The SMILES string of the molecule is COc1ccc(NC(=O)CSCC(=O)NC(C)c2ccc(Cl)cc2Cl)cc1. The van der Waals surface area contributed by atoms with Crippen molar-refractivity contribution in [1.29, 1.82) is 0 Å². The predicted molar refractivity (Wildman–Crippen MR) is 112 cm³/mol. The summed E-state index contributed by atoms with van der Waals surface area (Å²) in [4.78, 5) is 24.0. The molecule has 0 aliphatic heterocycles. The maximum atomic E-state index is 12.1. The number of hydrogen-bond donors (Lipinski definition) is 2. The molecule has 144 valence electrons. The fourth-order valence-corrected chi connectivity index (χ4v) is 3.52. The van der Waals surface area contributed by atoms with Gasteiger partial charge in [-0.3, -0.25) is 9.59 Å². The molecule has 2 amide bonds. The molecular weight excluding hydrogens is 407 g/mol. The highest BCUT2D eigenvalue weighted by Gasteiger charge is 2.13. The lowest BCUT2D eigenvalue weighted by Crippen LogP contribution is -2.29. The molecule has 0 saturated carbocycles. The molecule has 1 atom stereocenters. The zero-order chi connectivity index (χ0) is 19.8. The first kappa shape index (κ1) is 21.4. The van der Waals surface area contributed by atoms with E-state index in [-0.39, 0.29) is 29.4 Å². The Hall–Kier alpha value is -1.89. The van der Waals surface area contributed by atoms with Gasteiger partial charge in [0.2, 0.25) is 11.8 Å². The van der Waals surface area contributed by atoms with Gasteiger partial charge in [-0.05, 0) is 48.9 Å². The Morgan fingerprint density at radius 1 is 1.07 bits per heavy atom. The summed E-state index contributed by atoms with van der Waals surface area (Å²) in [6, 6.07) is 11.9. The molecule has 0 saturated heterocycles. The fourth-order valence-electron chi connectivity index (χ4n) is 2.32. The Morgan fingerprint density at radius 3 is 2.37 bits per heavy atom. The summed E-state index contributed by atoms with van der Waals surface area (Å²) in [7, 11) is 1.58. The standard InChI is InChI=1S/C19H20Cl2N2O3S/c1-12(16-8-3-13(20)9-17(16)21)22-18(24)10-27-11-19(25)23-14-4-6-15(26-2)7-5-14/h3-9,12H,10-11H2,1-2H3,(H,22,24)(H,23,25). The van der Waals surface area contributed by atoms with E-state index in [1.807, 2.05) is 6.92 Å². The van der Waals surface area contributed by atoms with Crippen molar-refractivity contribution in [2.45, 2.75) is 13.0 Å². The van der Waals surface area contributed by atoms with Crippen molar-refractivity contribution in [3.05, 3.63) is 58.1 Å². The number of rotatable bonds is 8. The van der Waals surface area contributed by atoms with Crippen molar-refractivity contribution < 1.29 is 14.3 Å². The van der Waals surface area contributed by atoms with E-state index in [1.165, 1.54) is 11.8 Å².